The number of aromatic nitrogens is 15. The van der Waals surface area contributed by atoms with Crippen molar-refractivity contribution in [3.63, 3.8) is 0 Å². The highest BCUT2D eigenvalue weighted by molar-refractivity contribution is 5.85. The second kappa shape index (κ2) is 34.6. The number of piperidine rings is 3. The van der Waals surface area contributed by atoms with Gasteiger partial charge in [-0.2, -0.15) is 0 Å². The van der Waals surface area contributed by atoms with Crippen LogP contribution in [-0.4, -0.2) is 167 Å². The topological polar surface area (TPSA) is 243 Å². The Bertz CT molecular complexity index is 5110. The number of fused-ring (bicyclic) bond motifs is 3. The van der Waals surface area contributed by atoms with Crippen molar-refractivity contribution in [1.29, 1.82) is 0 Å². The Morgan fingerprint density at radius 2 is 0.592 bits per heavy atom. The molecule has 12 aromatic rings. The molecule has 15 heterocycles. The lowest BCUT2D eigenvalue weighted by molar-refractivity contribution is 0.0622. The molecule has 3 N–H and O–H groups in total. The zero-order chi connectivity index (χ0) is 84.1. The van der Waals surface area contributed by atoms with Crippen LogP contribution in [0.1, 0.15) is 191 Å². The molecule has 3 spiro atoms. The monoisotopic (exact) mass is 1640 g/mol. The van der Waals surface area contributed by atoms with Crippen LogP contribution in [0.2, 0.25) is 0 Å². The van der Waals surface area contributed by atoms with Crippen LogP contribution in [0.3, 0.4) is 0 Å². The molecule has 9 aromatic heterocycles. The summed E-state index contributed by atoms with van der Waals surface area (Å²) < 4.78 is 112. The number of rotatable bonds is 18. The van der Waals surface area contributed by atoms with Crippen LogP contribution in [0.25, 0.3) is 66.9 Å². The van der Waals surface area contributed by atoms with E-state index in [0.29, 0.717) is 84.4 Å². The van der Waals surface area contributed by atoms with Gasteiger partial charge >= 0.3 is 0 Å². The minimum atomic E-state index is -0.638. The lowest BCUT2D eigenvalue weighted by Gasteiger charge is -2.41. The van der Waals surface area contributed by atoms with Gasteiger partial charge in [-0.3, -0.25) is 14.7 Å². The number of likely N-dealkylation sites (tertiary alicyclic amines) is 3. The molecule has 0 amide bonds. The van der Waals surface area contributed by atoms with E-state index in [1.165, 1.54) is 76.0 Å². The Kier molecular flexibility index (Phi) is 23.9. The predicted molar refractivity (Wildman–Crippen MR) is 451 cm³/mol. The van der Waals surface area contributed by atoms with E-state index in [1.54, 1.807) is 18.2 Å². The van der Waals surface area contributed by atoms with Gasteiger partial charge in [-0.05, 0) is 268 Å². The molecule has 6 saturated heterocycles. The predicted octanol–water partition coefficient (Wildman–Crippen LogP) is 19.1. The molecule has 6 fully saturated rings. The summed E-state index contributed by atoms with van der Waals surface area (Å²) in [5.74, 6) is 0.797. The highest BCUT2D eigenvalue weighted by Gasteiger charge is 2.42. The lowest BCUT2D eigenvalue weighted by atomic mass is 9.77. The largest absolute Gasteiger partial charge is 0.381 e. The van der Waals surface area contributed by atoms with Crippen molar-refractivity contribution in [2.75, 3.05) is 94.9 Å². The maximum absolute atomic E-state index is 15.0. The van der Waals surface area contributed by atoms with E-state index >= 15 is 13.2 Å². The summed E-state index contributed by atoms with van der Waals surface area (Å²) >= 11 is 0. The number of aryl methyl sites for hydroxylation is 3. The third-order valence-electron chi connectivity index (χ3n) is 25.7. The molecule has 3 atom stereocenters. The quantitative estimate of drug-likeness (QED) is 0.0676. The molecule has 6 aliphatic rings. The maximum Gasteiger partial charge on any atom is 0.229 e. The van der Waals surface area contributed by atoms with Crippen molar-refractivity contribution in [3.8, 4) is 33.8 Å². The van der Waals surface area contributed by atoms with E-state index in [1.807, 2.05) is 131 Å². The van der Waals surface area contributed by atoms with E-state index in [-0.39, 0.29) is 87.7 Å². The minimum Gasteiger partial charge on any atom is -0.381 e. The standard InChI is InChI=1S/3C30H35F2N7O/c3*1-18(2)39-20(4)35-28-23(31)13-22(14-25(28)39)27-24(32)16-34-29(37-27)36-26-6-5-21(15-33-26)19(3)38-10-7-30(8-11-38)9-12-40-17-30/h3*5-6,13-16,18-19H,7-12,17H2,1-4H3,(H,33,34,36,37)/t2*19-;/m10./s1. The van der Waals surface area contributed by atoms with E-state index in [9.17, 15) is 13.2 Å². The normalized spacial score (nSPS) is 18.2. The van der Waals surface area contributed by atoms with E-state index < -0.39 is 34.9 Å². The Morgan fingerprint density at radius 1 is 0.325 bits per heavy atom. The van der Waals surface area contributed by atoms with Crippen LogP contribution in [0.4, 0.5) is 61.6 Å². The molecular weight excluding hydrogens is 1540 g/mol. The Hall–Kier alpha value is -10.5. The first-order valence-electron chi connectivity index (χ1n) is 42.0. The molecule has 0 aliphatic carbocycles. The molecule has 18 rings (SSSR count). The first-order valence-corrected chi connectivity index (χ1v) is 42.0. The van der Waals surface area contributed by atoms with Crippen molar-refractivity contribution in [1.82, 2.24) is 88.2 Å². The number of hydrogen-bond donors (Lipinski definition) is 3. The average Bonchev–Trinajstić information content (AvgIpc) is 1.59. The van der Waals surface area contributed by atoms with Crippen molar-refractivity contribution >= 4 is 68.4 Å². The number of nitrogens with one attached hydrogen (secondary N) is 3. The highest BCUT2D eigenvalue weighted by atomic mass is 19.1. The van der Waals surface area contributed by atoms with Crippen molar-refractivity contribution in [3.05, 3.63) is 179 Å². The summed E-state index contributed by atoms with van der Waals surface area (Å²) in [6.07, 6.45) is 19.4. The zero-order valence-electron chi connectivity index (χ0n) is 70.2. The molecule has 24 nitrogen and oxygen atoms in total. The fourth-order valence-corrected chi connectivity index (χ4v) is 18.5. The van der Waals surface area contributed by atoms with Gasteiger partial charge in [0.2, 0.25) is 17.8 Å². The van der Waals surface area contributed by atoms with Gasteiger partial charge in [-0.1, -0.05) is 18.2 Å². The van der Waals surface area contributed by atoms with E-state index in [4.69, 9.17) is 14.2 Å². The SMILES string of the molecule is Cc1nc2c(F)cc(-c3nc(Nc4ccc(C(C)N5CCC6(CCOC6)CC5)cn4)ncc3F)cc2n1C(C)C.Cc1nc2c(F)cc(-c3nc(Nc4ccc([C@@H](C)N5CCC6(CCOC6)CC5)cn4)ncc3F)cc2n1C(C)C.Cc1nc2c(F)cc(-c3nc(Nc4ccc([C@H](C)N5CCC6(CCOC6)CC5)cn4)ncc3F)cc2n1C(C)C. The van der Waals surface area contributed by atoms with E-state index in [0.717, 1.165) is 114 Å². The van der Waals surface area contributed by atoms with Crippen LogP contribution in [0.15, 0.2) is 110 Å². The summed E-state index contributed by atoms with van der Waals surface area (Å²) in [5, 5.41) is 9.20. The number of benzene rings is 3. The van der Waals surface area contributed by atoms with Crippen LogP contribution in [0, 0.1) is 71.9 Å². The van der Waals surface area contributed by atoms with Crippen LogP contribution >= 0.6 is 0 Å². The molecule has 630 valence electrons. The molecule has 1 unspecified atom stereocenters. The number of nitrogens with zero attached hydrogens (tertiary/aromatic N) is 18. The van der Waals surface area contributed by atoms with Crippen molar-refractivity contribution < 1.29 is 40.6 Å². The van der Waals surface area contributed by atoms with Gasteiger partial charge in [0.1, 0.15) is 68.6 Å². The van der Waals surface area contributed by atoms with Gasteiger partial charge in [0.05, 0.1) is 55.0 Å². The fraction of sp³-hybridized carbons (Fsp3) is 0.467. The summed E-state index contributed by atoms with van der Waals surface area (Å²) in [6, 6.07) is 21.7. The van der Waals surface area contributed by atoms with Crippen LogP contribution in [0.5, 0.6) is 0 Å². The summed E-state index contributed by atoms with van der Waals surface area (Å²) in [4.78, 5) is 59.7. The molecular formula is C90H105F6N21O3. The van der Waals surface area contributed by atoms with Crippen LogP contribution in [-0.2, 0) is 14.2 Å². The van der Waals surface area contributed by atoms with Gasteiger partial charge in [-0.25, -0.2) is 86.2 Å². The molecule has 6 aliphatic heterocycles. The molecule has 120 heavy (non-hydrogen) atoms. The van der Waals surface area contributed by atoms with E-state index in [2.05, 4.69) is 111 Å². The van der Waals surface area contributed by atoms with Crippen LogP contribution < -0.4 is 16.0 Å². The van der Waals surface area contributed by atoms with Gasteiger partial charge < -0.3 is 43.9 Å². The third kappa shape index (κ3) is 17.3. The third-order valence-corrected chi connectivity index (χ3v) is 25.7. The van der Waals surface area contributed by atoms with Crippen molar-refractivity contribution in [2.24, 2.45) is 16.2 Å². The van der Waals surface area contributed by atoms with Gasteiger partial charge in [0.25, 0.3) is 0 Å². The summed E-state index contributed by atoms with van der Waals surface area (Å²) in [5.41, 5.74) is 8.08. The molecule has 0 saturated carbocycles. The lowest BCUT2D eigenvalue weighted by Crippen LogP contribution is -2.41. The maximum atomic E-state index is 15.0. The Labute approximate surface area is 694 Å². The van der Waals surface area contributed by atoms with Gasteiger partial charge in [-0.15, -0.1) is 0 Å². The molecule has 0 radical (unpaired) electrons. The highest BCUT2D eigenvalue weighted by Crippen LogP contribution is 2.45. The molecule has 0 bridgehead atoms. The first kappa shape index (κ1) is 83.2. The average molecular weight is 1640 g/mol. The minimum absolute atomic E-state index is 0.00762. The van der Waals surface area contributed by atoms with Crippen molar-refractivity contribution in [2.45, 2.75) is 177 Å². The van der Waals surface area contributed by atoms with Gasteiger partial charge in [0, 0.05) is 91.4 Å². The summed E-state index contributed by atoms with van der Waals surface area (Å²) in [6.45, 7) is 35.8. The molecule has 30 heteroatoms. The molecule has 3 aromatic carbocycles. The first-order chi connectivity index (χ1) is 57.7. The summed E-state index contributed by atoms with van der Waals surface area (Å²) in [7, 11) is 0. The number of pyridine rings is 3. The Morgan fingerprint density at radius 3 is 0.817 bits per heavy atom. The number of anilines is 6. The number of ether oxygens (including phenoxy) is 3. The Balaban J connectivity index is 0.000000134. The zero-order valence-corrected chi connectivity index (χ0v) is 70.2. The van der Waals surface area contributed by atoms with Gasteiger partial charge in [0.15, 0.2) is 34.9 Å². The fourth-order valence-electron chi connectivity index (χ4n) is 18.5. The second-order valence-electron chi connectivity index (χ2n) is 34.4. The smallest absolute Gasteiger partial charge is 0.229 e. The number of imidazole rings is 3. The second-order valence-corrected chi connectivity index (χ2v) is 34.4. The number of hydrogen-bond acceptors (Lipinski definition) is 21. The number of halogens is 6.